The predicted molar refractivity (Wildman–Crippen MR) is 59.1 cm³/mol. The van der Waals surface area contributed by atoms with E-state index in [1.54, 1.807) is 13.3 Å². The first kappa shape index (κ1) is 9.73. The summed E-state index contributed by atoms with van der Waals surface area (Å²) < 4.78 is 5.14. The van der Waals surface area contributed by atoms with Crippen LogP contribution in [0.1, 0.15) is 5.56 Å². The van der Waals surface area contributed by atoms with Crippen LogP contribution in [-0.4, -0.2) is 17.3 Å². The van der Waals surface area contributed by atoms with Crippen molar-refractivity contribution in [1.29, 1.82) is 0 Å². The fourth-order valence-electron chi connectivity index (χ4n) is 1.58. The highest BCUT2D eigenvalue weighted by molar-refractivity contribution is 5.75. The van der Waals surface area contributed by atoms with Crippen molar-refractivity contribution >= 4 is 5.82 Å². The van der Waals surface area contributed by atoms with Gasteiger partial charge in [-0.2, -0.15) is 5.10 Å². The number of aromatic nitrogens is 2. The molecule has 3 N–H and O–H groups in total. The van der Waals surface area contributed by atoms with Crippen LogP contribution >= 0.6 is 0 Å². The lowest BCUT2D eigenvalue weighted by Gasteiger charge is -2.07. The summed E-state index contributed by atoms with van der Waals surface area (Å²) in [4.78, 5) is 0. The van der Waals surface area contributed by atoms with Gasteiger partial charge in [-0.1, -0.05) is 24.3 Å². The standard InChI is InChI=1S/C11H13N3O/c1-15-7-8-4-2-3-5-9(8)10-6-13-14-11(10)12/h2-6H,7H2,1H3,(H3,12,13,14). The molecule has 0 fully saturated rings. The largest absolute Gasteiger partial charge is 0.384 e. The van der Waals surface area contributed by atoms with Gasteiger partial charge in [-0.3, -0.25) is 5.10 Å². The van der Waals surface area contributed by atoms with Gasteiger partial charge in [0.1, 0.15) is 5.82 Å². The van der Waals surface area contributed by atoms with Gasteiger partial charge in [-0.15, -0.1) is 0 Å². The van der Waals surface area contributed by atoms with E-state index in [1.165, 1.54) is 0 Å². The van der Waals surface area contributed by atoms with Crippen molar-refractivity contribution in [2.75, 3.05) is 12.8 Å². The van der Waals surface area contributed by atoms with E-state index in [0.717, 1.165) is 16.7 Å². The number of hydrogen-bond acceptors (Lipinski definition) is 3. The van der Waals surface area contributed by atoms with Crippen LogP contribution in [0.15, 0.2) is 30.5 Å². The zero-order valence-electron chi connectivity index (χ0n) is 8.53. The molecule has 0 unspecified atom stereocenters. The Bertz CT molecular complexity index is 451. The van der Waals surface area contributed by atoms with Gasteiger partial charge in [0.25, 0.3) is 0 Å². The number of anilines is 1. The van der Waals surface area contributed by atoms with Gasteiger partial charge >= 0.3 is 0 Å². The monoisotopic (exact) mass is 203 g/mol. The molecule has 0 radical (unpaired) electrons. The number of nitrogens with one attached hydrogen (secondary N) is 1. The molecule has 1 aromatic heterocycles. The molecule has 0 spiro atoms. The molecule has 0 amide bonds. The second-order valence-electron chi connectivity index (χ2n) is 3.29. The van der Waals surface area contributed by atoms with Gasteiger partial charge in [0.05, 0.1) is 12.8 Å². The first-order chi connectivity index (χ1) is 7.33. The summed E-state index contributed by atoms with van der Waals surface area (Å²) in [7, 11) is 1.68. The number of benzene rings is 1. The molecule has 0 aliphatic carbocycles. The minimum Gasteiger partial charge on any atom is -0.384 e. The highest BCUT2D eigenvalue weighted by Crippen LogP contribution is 2.27. The number of nitrogen functional groups attached to an aromatic ring is 1. The average molecular weight is 203 g/mol. The topological polar surface area (TPSA) is 63.9 Å². The normalized spacial score (nSPS) is 10.5. The van der Waals surface area contributed by atoms with E-state index < -0.39 is 0 Å². The Morgan fingerprint density at radius 1 is 1.33 bits per heavy atom. The molecule has 2 aromatic rings. The van der Waals surface area contributed by atoms with Gasteiger partial charge in [-0.25, -0.2) is 0 Å². The average Bonchev–Trinajstić information content (AvgIpc) is 2.66. The third-order valence-corrected chi connectivity index (χ3v) is 2.28. The summed E-state index contributed by atoms with van der Waals surface area (Å²) in [6.07, 6.45) is 1.73. The van der Waals surface area contributed by atoms with E-state index in [9.17, 15) is 0 Å². The molecular weight excluding hydrogens is 190 g/mol. The zero-order valence-corrected chi connectivity index (χ0v) is 8.53. The van der Waals surface area contributed by atoms with E-state index >= 15 is 0 Å². The molecule has 0 saturated carbocycles. The van der Waals surface area contributed by atoms with Crippen LogP contribution in [0.2, 0.25) is 0 Å². The van der Waals surface area contributed by atoms with E-state index in [2.05, 4.69) is 10.2 Å². The van der Waals surface area contributed by atoms with E-state index in [4.69, 9.17) is 10.5 Å². The predicted octanol–water partition coefficient (Wildman–Crippen LogP) is 1.81. The minimum absolute atomic E-state index is 0.570. The van der Waals surface area contributed by atoms with Crippen LogP contribution in [0.5, 0.6) is 0 Å². The van der Waals surface area contributed by atoms with Gasteiger partial charge in [0.2, 0.25) is 0 Å². The Morgan fingerprint density at radius 3 is 2.80 bits per heavy atom. The lowest BCUT2D eigenvalue weighted by molar-refractivity contribution is 0.185. The Kier molecular flexibility index (Phi) is 2.69. The quantitative estimate of drug-likeness (QED) is 0.799. The summed E-state index contributed by atoms with van der Waals surface area (Å²) in [5.41, 5.74) is 8.86. The van der Waals surface area contributed by atoms with Crippen molar-refractivity contribution in [3.63, 3.8) is 0 Å². The number of rotatable bonds is 3. The second-order valence-corrected chi connectivity index (χ2v) is 3.29. The van der Waals surface area contributed by atoms with Crippen LogP contribution < -0.4 is 5.73 Å². The second kappa shape index (κ2) is 4.14. The summed E-state index contributed by atoms with van der Waals surface area (Å²) in [5.74, 6) is 0.582. The number of H-pyrrole nitrogens is 1. The third kappa shape index (κ3) is 1.85. The lowest BCUT2D eigenvalue weighted by atomic mass is 10.0. The van der Waals surface area contributed by atoms with Gasteiger partial charge in [-0.05, 0) is 11.1 Å². The maximum Gasteiger partial charge on any atom is 0.126 e. The minimum atomic E-state index is 0.570. The molecule has 15 heavy (non-hydrogen) atoms. The lowest BCUT2D eigenvalue weighted by Crippen LogP contribution is -1.93. The van der Waals surface area contributed by atoms with Crippen LogP contribution in [0.3, 0.4) is 0 Å². The maximum absolute atomic E-state index is 5.78. The first-order valence-electron chi connectivity index (χ1n) is 4.69. The Morgan fingerprint density at radius 2 is 2.13 bits per heavy atom. The van der Waals surface area contributed by atoms with Crippen molar-refractivity contribution in [2.24, 2.45) is 0 Å². The van der Waals surface area contributed by atoms with Gasteiger partial charge < -0.3 is 10.5 Å². The third-order valence-electron chi connectivity index (χ3n) is 2.28. The van der Waals surface area contributed by atoms with Crippen molar-refractivity contribution in [1.82, 2.24) is 10.2 Å². The SMILES string of the molecule is COCc1ccccc1-c1cn[nH]c1N. The van der Waals surface area contributed by atoms with Crippen molar-refractivity contribution in [2.45, 2.75) is 6.61 Å². The van der Waals surface area contributed by atoms with E-state index in [1.807, 2.05) is 24.3 Å². The molecule has 0 bridgehead atoms. The summed E-state index contributed by atoms with van der Waals surface area (Å²) in [5, 5.41) is 6.63. The van der Waals surface area contributed by atoms with Gasteiger partial charge in [0, 0.05) is 12.7 Å². The molecule has 1 aromatic carbocycles. The number of methoxy groups -OCH3 is 1. The smallest absolute Gasteiger partial charge is 0.126 e. The number of ether oxygens (including phenoxy) is 1. The molecule has 0 saturated heterocycles. The molecule has 1 heterocycles. The Hall–Kier alpha value is -1.81. The molecule has 0 atom stereocenters. The molecule has 0 aliphatic rings. The molecule has 2 rings (SSSR count). The fourth-order valence-corrected chi connectivity index (χ4v) is 1.58. The molecule has 0 aliphatic heterocycles. The summed E-state index contributed by atoms with van der Waals surface area (Å²) in [6.45, 7) is 0.570. The van der Waals surface area contributed by atoms with Crippen LogP contribution in [0, 0.1) is 0 Å². The first-order valence-corrected chi connectivity index (χ1v) is 4.69. The maximum atomic E-state index is 5.78. The summed E-state index contributed by atoms with van der Waals surface area (Å²) in [6, 6.07) is 7.98. The fraction of sp³-hybridized carbons (Fsp3) is 0.182. The van der Waals surface area contributed by atoms with Crippen LogP contribution in [0.4, 0.5) is 5.82 Å². The van der Waals surface area contributed by atoms with Crippen molar-refractivity contribution < 1.29 is 4.74 Å². The van der Waals surface area contributed by atoms with Crippen molar-refractivity contribution in [3.05, 3.63) is 36.0 Å². The van der Waals surface area contributed by atoms with E-state index in [0.29, 0.717) is 12.4 Å². The van der Waals surface area contributed by atoms with Gasteiger partial charge in [0.15, 0.2) is 0 Å². The molecule has 4 nitrogen and oxygen atoms in total. The highest BCUT2D eigenvalue weighted by atomic mass is 16.5. The number of nitrogens with zero attached hydrogens (tertiary/aromatic N) is 1. The molecule has 78 valence electrons. The van der Waals surface area contributed by atoms with E-state index in [-0.39, 0.29) is 0 Å². The van der Waals surface area contributed by atoms with Crippen molar-refractivity contribution in [3.8, 4) is 11.1 Å². The number of nitrogens with two attached hydrogens (primary N) is 1. The highest BCUT2D eigenvalue weighted by Gasteiger charge is 2.08. The summed E-state index contributed by atoms with van der Waals surface area (Å²) >= 11 is 0. The van der Waals surface area contributed by atoms with Crippen LogP contribution in [0.25, 0.3) is 11.1 Å². The number of hydrogen-bond donors (Lipinski definition) is 2. The Labute approximate surface area is 88.1 Å². The Balaban J connectivity index is 2.48. The van der Waals surface area contributed by atoms with Crippen LogP contribution in [-0.2, 0) is 11.3 Å². The number of aromatic amines is 1. The molecular formula is C11H13N3O. The zero-order chi connectivity index (χ0) is 10.7. The molecule has 4 heteroatoms.